The van der Waals surface area contributed by atoms with Gasteiger partial charge >= 0.3 is 0 Å². The Hall–Kier alpha value is -3.39. The maximum absolute atomic E-state index is 13.0. The number of carbonyl (C=O) groups is 1. The van der Waals surface area contributed by atoms with E-state index >= 15 is 0 Å². The second kappa shape index (κ2) is 9.61. The van der Waals surface area contributed by atoms with Gasteiger partial charge in [-0.1, -0.05) is 0 Å². The van der Waals surface area contributed by atoms with Crippen LogP contribution in [0.25, 0.3) is 0 Å². The molecule has 2 aromatic heterocycles. The molecule has 0 bridgehead atoms. The first-order valence-electron chi connectivity index (χ1n) is 10.2. The minimum Gasteiger partial charge on any atom is -0.339 e. The van der Waals surface area contributed by atoms with E-state index in [-0.39, 0.29) is 17.5 Å². The number of carbonyl (C=O) groups excluding carboxylic acids is 1. The number of halogens is 2. The second-order valence-corrected chi connectivity index (χ2v) is 7.56. The van der Waals surface area contributed by atoms with Crippen molar-refractivity contribution in [2.75, 3.05) is 30.3 Å². The lowest BCUT2D eigenvalue weighted by atomic mass is 9.93. The van der Waals surface area contributed by atoms with Gasteiger partial charge in [-0.05, 0) is 74.5 Å². The van der Waals surface area contributed by atoms with E-state index in [9.17, 15) is 13.6 Å². The fourth-order valence-corrected chi connectivity index (χ4v) is 3.64. The summed E-state index contributed by atoms with van der Waals surface area (Å²) < 4.78 is 25.9. The lowest BCUT2D eigenvalue weighted by Crippen LogP contribution is -2.38. The summed E-state index contributed by atoms with van der Waals surface area (Å²) in [5, 5.41) is 5.90. The minimum absolute atomic E-state index is 0.104. The number of aromatic nitrogens is 2. The summed E-state index contributed by atoms with van der Waals surface area (Å²) in [6.45, 7) is 1.93. The third-order valence-electron chi connectivity index (χ3n) is 5.29. The van der Waals surface area contributed by atoms with Gasteiger partial charge in [0.1, 0.15) is 17.5 Å². The first-order chi connectivity index (χ1) is 15.0. The smallest absolute Gasteiger partial charge is 0.238 e. The summed E-state index contributed by atoms with van der Waals surface area (Å²) in [6, 6.07) is 12.6. The van der Waals surface area contributed by atoms with Crippen LogP contribution >= 0.6 is 0 Å². The predicted molar refractivity (Wildman–Crippen MR) is 115 cm³/mol. The minimum atomic E-state index is -0.377. The number of anilines is 3. The van der Waals surface area contributed by atoms with Crippen molar-refractivity contribution in [1.29, 1.82) is 0 Å². The van der Waals surface area contributed by atoms with Gasteiger partial charge in [0.2, 0.25) is 5.91 Å². The highest BCUT2D eigenvalue weighted by molar-refractivity contribution is 5.92. The van der Waals surface area contributed by atoms with Gasteiger partial charge in [0.05, 0.1) is 24.6 Å². The molecule has 3 heterocycles. The number of amides is 1. The maximum atomic E-state index is 13.0. The fraction of sp³-hybridized carbons (Fsp3) is 0.261. The van der Waals surface area contributed by atoms with E-state index < -0.39 is 0 Å². The predicted octanol–water partition coefficient (Wildman–Crippen LogP) is 4.32. The second-order valence-electron chi connectivity index (χ2n) is 7.56. The van der Waals surface area contributed by atoms with Crippen LogP contribution in [-0.2, 0) is 4.79 Å². The normalized spacial score (nSPS) is 14.9. The average molecular weight is 423 g/mol. The molecule has 0 radical (unpaired) electrons. The Kier molecular flexibility index (Phi) is 6.47. The van der Waals surface area contributed by atoms with Crippen molar-refractivity contribution >= 4 is 23.1 Å². The van der Waals surface area contributed by atoms with Crippen LogP contribution in [0.5, 0.6) is 0 Å². The number of piperidine rings is 1. The molecule has 4 rings (SSSR count). The van der Waals surface area contributed by atoms with Crippen molar-refractivity contribution in [2.24, 2.45) is 0 Å². The van der Waals surface area contributed by atoms with Crippen molar-refractivity contribution in [2.45, 2.75) is 18.8 Å². The van der Waals surface area contributed by atoms with E-state index in [4.69, 9.17) is 0 Å². The van der Waals surface area contributed by atoms with Gasteiger partial charge in [0.25, 0.3) is 0 Å². The highest BCUT2D eigenvalue weighted by Crippen LogP contribution is 2.27. The van der Waals surface area contributed by atoms with Crippen molar-refractivity contribution in [3.63, 3.8) is 0 Å². The van der Waals surface area contributed by atoms with Crippen LogP contribution in [0.4, 0.5) is 26.0 Å². The lowest BCUT2D eigenvalue weighted by molar-refractivity contribution is -0.117. The molecule has 1 aliphatic rings. The van der Waals surface area contributed by atoms with E-state index in [1.807, 2.05) is 12.1 Å². The van der Waals surface area contributed by atoms with Gasteiger partial charge in [-0.25, -0.2) is 13.8 Å². The molecule has 8 heteroatoms. The molecule has 2 N–H and O–H groups in total. The van der Waals surface area contributed by atoms with E-state index in [2.05, 4.69) is 25.5 Å². The van der Waals surface area contributed by atoms with Crippen LogP contribution in [0, 0.1) is 11.6 Å². The van der Waals surface area contributed by atoms with E-state index in [0.717, 1.165) is 43.5 Å². The molecule has 1 aliphatic heterocycles. The standard InChI is InChI=1S/C23H23F2N5O/c24-17-1-4-19(5-2-17)29-23(31)15-30-11-9-16(10-12-30)21-7-6-20(14-26-21)28-22-8-3-18(25)13-27-22/h1-8,13-14,16H,9-12,15H2,(H,27,28)(H,29,31). The number of likely N-dealkylation sites (tertiary alicyclic amines) is 1. The summed E-state index contributed by atoms with van der Waals surface area (Å²) >= 11 is 0. The number of hydrogen-bond acceptors (Lipinski definition) is 5. The number of nitrogens with one attached hydrogen (secondary N) is 2. The fourth-order valence-electron chi connectivity index (χ4n) is 3.64. The molecule has 0 saturated carbocycles. The summed E-state index contributed by atoms with van der Waals surface area (Å²) in [5.41, 5.74) is 2.40. The maximum Gasteiger partial charge on any atom is 0.238 e. The monoisotopic (exact) mass is 423 g/mol. The number of benzene rings is 1. The van der Waals surface area contributed by atoms with Crippen molar-refractivity contribution in [1.82, 2.24) is 14.9 Å². The van der Waals surface area contributed by atoms with E-state index in [1.165, 1.54) is 18.2 Å². The summed E-state index contributed by atoms with van der Waals surface area (Å²) in [4.78, 5) is 22.9. The Morgan fingerprint density at radius 3 is 2.26 bits per heavy atom. The van der Waals surface area contributed by atoms with Crippen molar-refractivity contribution < 1.29 is 13.6 Å². The van der Waals surface area contributed by atoms with Crippen molar-refractivity contribution in [3.8, 4) is 0 Å². The van der Waals surface area contributed by atoms with Crippen LogP contribution in [0.1, 0.15) is 24.5 Å². The molecule has 3 aromatic rings. The molecule has 160 valence electrons. The highest BCUT2D eigenvalue weighted by atomic mass is 19.1. The first-order valence-corrected chi connectivity index (χ1v) is 10.2. The van der Waals surface area contributed by atoms with Gasteiger partial charge in [-0.15, -0.1) is 0 Å². The van der Waals surface area contributed by atoms with Crippen LogP contribution in [0.15, 0.2) is 60.9 Å². The number of rotatable bonds is 6. The third-order valence-corrected chi connectivity index (χ3v) is 5.29. The summed E-state index contributed by atoms with van der Waals surface area (Å²) in [5.74, 6) is 0.0912. The molecule has 1 aromatic carbocycles. The number of nitrogens with zero attached hydrogens (tertiary/aromatic N) is 3. The molecular formula is C23H23F2N5O. The molecule has 1 amide bonds. The molecule has 0 atom stereocenters. The Morgan fingerprint density at radius 2 is 1.61 bits per heavy atom. The van der Waals surface area contributed by atoms with Gasteiger partial charge < -0.3 is 10.6 Å². The Morgan fingerprint density at radius 1 is 0.903 bits per heavy atom. The molecule has 0 unspecified atom stereocenters. The van der Waals surface area contributed by atoms with Gasteiger partial charge in [-0.3, -0.25) is 14.7 Å². The van der Waals surface area contributed by atoms with Crippen LogP contribution < -0.4 is 10.6 Å². The molecule has 1 saturated heterocycles. The lowest BCUT2D eigenvalue weighted by Gasteiger charge is -2.31. The van der Waals surface area contributed by atoms with Crippen LogP contribution in [0.3, 0.4) is 0 Å². The largest absolute Gasteiger partial charge is 0.339 e. The van der Waals surface area contributed by atoms with Gasteiger partial charge in [0, 0.05) is 17.3 Å². The Labute approximate surface area is 179 Å². The zero-order valence-corrected chi connectivity index (χ0v) is 16.9. The Bertz CT molecular complexity index is 1000. The average Bonchev–Trinajstić information content (AvgIpc) is 2.78. The molecule has 31 heavy (non-hydrogen) atoms. The molecule has 6 nitrogen and oxygen atoms in total. The van der Waals surface area contributed by atoms with Crippen LogP contribution in [-0.4, -0.2) is 40.4 Å². The van der Waals surface area contributed by atoms with Gasteiger partial charge in [0.15, 0.2) is 0 Å². The van der Waals surface area contributed by atoms with Crippen LogP contribution in [0.2, 0.25) is 0 Å². The molecule has 1 fully saturated rings. The first kappa shape index (κ1) is 20.9. The van der Waals surface area contributed by atoms with E-state index in [0.29, 0.717) is 24.0 Å². The summed E-state index contributed by atoms with van der Waals surface area (Å²) in [7, 11) is 0. The molecule has 0 spiro atoms. The third kappa shape index (κ3) is 5.82. The zero-order valence-electron chi connectivity index (χ0n) is 16.9. The number of hydrogen-bond donors (Lipinski definition) is 2. The SMILES string of the molecule is O=C(CN1CCC(c2ccc(Nc3ccc(F)cn3)cn2)CC1)Nc1ccc(F)cc1. The summed E-state index contributed by atoms with van der Waals surface area (Å²) in [6.07, 6.45) is 4.76. The number of pyridine rings is 2. The van der Waals surface area contributed by atoms with E-state index in [1.54, 1.807) is 24.4 Å². The van der Waals surface area contributed by atoms with Gasteiger partial charge in [-0.2, -0.15) is 0 Å². The quantitative estimate of drug-likeness (QED) is 0.618. The topological polar surface area (TPSA) is 70.2 Å². The molecular weight excluding hydrogens is 400 g/mol. The zero-order chi connectivity index (χ0) is 21.6. The highest BCUT2D eigenvalue weighted by Gasteiger charge is 2.23. The van der Waals surface area contributed by atoms with Crippen molar-refractivity contribution in [3.05, 3.63) is 78.3 Å². The molecule has 0 aliphatic carbocycles. The Balaban J connectivity index is 1.25.